The van der Waals surface area contributed by atoms with Gasteiger partial charge in [-0.25, -0.2) is 47.1 Å². The summed E-state index contributed by atoms with van der Waals surface area (Å²) in [5.41, 5.74) is -0.127. The molecule has 8 rings (SSSR count). The van der Waals surface area contributed by atoms with Crippen molar-refractivity contribution in [2.45, 2.75) is 243 Å². The molecule has 0 aromatic heterocycles. The number of carbonyl (C=O) groups is 10. The number of rotatable bonds is 34. The lowest BCUT2D eigenvalue weighted by molar-refractivity contribution is -0.170. The number of carboxylic acid groups (broad SMARTS) is 1. The Balaban J connectivity index is 0.000000291. The highest BCUT2D eigenvalue weighted by atomic mass is 19.1. The molecule has 0 bridgehead atoms. The average Bonchev–Trinajstić information content (AvgIpc) is 1.16. The second kappa shape index (κ2) is 43.1. The number of likely N-dealkylation sites (N-methyl/N-ethyl adjacent to an activating group) is 4. The maximum Gasteiger partial charge on any atom is 0.410 e. The number of esters is 6. The Morgan fingerprint density at radius 2 is 0.829 bits per heavy atom. The number of carbonyl (C=O) groups excluding carboxylic acids is 9. The van der Waals surface area contributed by atoms with Crippen molar-refractivity contribution in [2.24, 2.45) is 11.8 Å². The van der Waals surface area contributed by atoms with E-state index in [1.54, 1.807) is 60.7 Å². The van der Waals surface area contributed by atoms with Gasteiger partial charge in [0.05, 0.1) is 0 Å². The summed E-state index contributed by atoms with van der Waals surface area (Å²) < 4.78 is 83.2. The highest BCUT2D eigenvalue weighted by Crippen LogP contribution is 2.37. The smallest absolute Gasteiger partial charge is 0.410 e. The van der Waals surface area contributed by atoms with Crippen molar-refractivity contribution in [2.75, 3.05) is 67.8 Å². The Morgan fingerprint density at radius 3 is 1.19 bits per heavy atom. The van der Waals surface area contributed by atoms with Crippen molar-refractivity contribution in [3.8, 4) is 0 Å². The molecule has 25 nitrogen and oxygen atoms in total. The topological polar surface area (TPSA) is 305 Å². The van der Waals surface area contributed by atoms with Gasteiger partial charge in [-0.2, -0.15) is 0 Å². The van der Waals surface area contributed by atoms with E-state index in [1.165, 1.54) is 66.6 Å². The van der Waals surface area contributed by atoms with Gasteiger partial charge in [0.2, 0.25) is 6.10 Å². The second-order valence-electron chi connectivity index (χ2n) is 32.1. The van der Waals surface area contributed by atoms with E-state index in [0.717, 1.165) is 90.2 Å². The number of nitrogens with zero attached hydrogens (tertiary/aromatic N) is 3. The maximum absolute atomic E-state index is 15.2. The molecule has 4 fully saturated rings. The molecule has 27 heteroatoms. The summed E-state index contributed by atoms with van der Waals surface area (Å²) in [5, 5.41) is 12.6. The van der Waals surface area contributed by atoms with Crippen molar-refractivity contribution in [1.82, 2.24) is 20.0 Å². The Morgan fingerprint density at radius 1 is 0.459 bits per heavy atom. The number of carboxylic acids is 1. The van der Waals surface area contributed by atoms with Crippen LogP contribution in [0.15, 0.2) is 109 Å². The van der Waals surface area contributed by atoms with Crippen LogP contribution in [0.1, 0.15) is 192 Å². The van der Waals surface area contributed by atoms with E-state index in [2.05, 4.69) is 5.32 Å². The second-order valence-corrected chi connectivity index (χ2v) is 32.1. The standard InChI is InChI=1S/C42H57FN2O10.C26H38FNO7.C16H21NO4/c1-41(2,3)55-40(50)45(7)34(25-42(4,5)43)39(49)54-35(24-29-15-17-31(18-16-29)32-19-21-51-22-20-32)37(47)44(6)33(23-28-13-14-28)38(48)53-27-36(46)52-26-30-11-9-8-10-12-30;1-25(2,3)35-24(32)28(6)20(16-26(4,5)27)23(31)34-21(22(29)30)15-17-7-9-18(10-8-17)19-11-13-33-14-12-19;1-17-14(9-12-7-8-12)16(19)21-11-15(18)20-10-13-5-3-2-4-6-13/h8-12,15-18,28,32-35H,13-14,19-27H2,1-7H3;7-10,19-21H,11-16H2,1-6H3,(H,29,30);2-6,12,14,17H,7-11H2,1H3/t33-,34-,35+;20-,21+;14-/m000/s1. The molecule has 111 heavy (non-hydrogen) atoms. The molecule has 4 aromatic rings. The van der Waals surface area contributed by atoms with Gasteiger partial charge in [0.1, 0.15) is 59.9 Å². The number of nitrogens with one attached hydrogen (secondary N) is 1. The van der Waals surface area contributed by atoms with Crippen molar-refractivity contribution in [3.63, 3.8) is 0 Å². The zero-order valence-electron chi connectivity index (χ0n) is 66.9. The molecule has 0 radical (unpaired) electrons. The first-order valence-electron chi connectivity index (χ1n) is 38.2. The number of ether oxygens (including phenoxy) is 10. The monoisotopic (exact) mass is 1550 g/mol. The minimum Gasteiger partial charge on any atom is -0.478 e. The Labute approximate surface area is 651 Å². The summed E-state index contributed by atoms with van der Waals surface area (Å²) in [6.07, 6.45) is 3.18. The summed E-state index contributed by atoms with van der Waals surface area (Å²) in [7, 11) is 5.77. The molecule has 6 atom stereocenters. The zero-order valence-corrected chi connectivity index (χ0v) is 66.9. The third-order valence-electron chi connectivity index (χ3n) is 18.8. The normalized spacial score (nSPS) is 16.4. The molecule has 2 heterocycles. The first kappa shape index (κ1) is 90.8. The molecule has 2 saturated carbocycles. The molecule has 2 aliphatic carbocycles. The van der Waals surface area contributed by atoms with Crippen LogP contribution in [0.5, 0.6) is 0 Å². The van der Waals surface area contributed by atoms with Gasteiger partial charge < -0.3 is 62.7 Å². The van der Waals surface area contributed by atoms with Crippen molar-refractivity contribution >= 4 is 59.9 Å². The van der Waals surface area contributed by atoms with Crippen molar-refractivity contribution in [1.29, 1.82) is 0 Å². The summed E-state index contributed by atoms with van der Waals surface area (Å²) in [6, 6.07) is 29.4. The largest absolute Gasteiger partial charge is 0.478 e. The van der Waals surface area contributed by atoms with Crippen LogP contribution in [0, 0.1) is 11.8 Å². The lowest BCUT2D eigenvalue weighted by atomic mass is 9.90. The number of halogens is 2. The van der Waals surface area contributed by atoms with E-state index in [4.69, 9.17) is 47.4 Å². The molecular formula is C84H116F2N4O21. The SMILES string of the molecule is CN(C(=O)OC(C)(C)C)[C@@H](CC(C)(C)F)C(=O)O[C@H](Cc1ccc(C2CCOCC2)cc1)C(=O)N(C)[C@@H](CC1CC1)C(=O)OCC(=O)OCc1ccccc1.CN(C(=O)OC(C)(C)C)[C@@H](CC(C)(C)F)C(=O)O[C@H](Cc1ccc(C2CCOCC2)cc1)C(=O)O.CN[C@@H](CC1CC1)C(=O)OCC(=O)OCc1ccccc1. The van der Waals surface area contributed by atoms with Crippen molar-refractivity contribution < 1.29 is 109 Å². The predicted octanol–water partition coefficient (Wildman–Crippen LogP) is 12.5. The fourth-order valence-corrected chi connectivity index (χ4v) is 12.2. The Kier molecular flexibility index (Phi) is 35.2. The van der Waals surface area contributed by atoms with E-state index < -0.39 is 120 Å². The summed E-state index contributed by atoms with van der Waals surface area (Å²) in [6.45, 7) is 17.1. The van der Waals surface area contributed by atoms with Gasteiger partial charge in [-0.15, -0.1) is 0 Å². The summed E-state index contributed by atoms with van der Waals surface area (Å²) in [5.74, 6) is -5.00. The first-order chi connectivity index (χ1) is 52.2. The van der Waals surface area contributed by atoms with Gasteiger partial charge in [0.25, 0.3) is 5.91 Å². The molecule has 4 aliphatic rings. The van der Waals surface area contributed by atoms with E-state index in [1.807, 2.05) is 97.1 Å². The number of alkyl halides is 2. The van der Waals surface area contributed by atoms with Gasteiger partial charge in [-0.3, -0.25) is 19.4 Å². The van der Waals surface area contributed by atoms with Crippen LogP contribution in [0.3, 0.4) is 0 Å². The van der Waals surface area contributed by atoms with Crippen LogP contribution >= 0.6 is 0 Å². The van der Waals surface area contributed by atoms with E-state index in [-0.39, 0.29) is 63.4 Å². The van der Waals surface area contributed by atoms with Gasteiger partial charge in [-0.1, -0.05) is 135 Å². The highest BCUT2D eigenvalue weighted by molar-refractivity contribution is 5.91. The number of amides is 3. The minimum absolute atomic E-state index is 0.00785. The van der Waals surface area contributed by atoms with Gasteiger partial charge >= 0.3 is 54.0 Å². The molecule has 2 N–H and O–H groups in total. The lowest BCUT2D eigenvalue weighted by Gasteiger charge is -2.34. The van der Waals surface area contributed by atoms with Crippen LogP contribution in [0.2, 0.25) is 0 Å². The van der Waals surface area contributed by atoms with Crippen LogP contribution in [0.4, 0.5) is 18.4 Å². The zero-order chi connectivity index (χ0) is 81.8. The number of benzene rings is 4. The van der Waals surface area contributed by atoms with Crippen LogP contribution in [-0.2, 0) is 112 Å². The number of hydrogen-bond acceptors (Lipinski definition) is 21. The fraction of sp³-hybridized carbons (Fsp3) is 0.595. The van der Waals surface area contributed by atoms with E-state index in [9.17, 15) is 57.4 Å². The third kappa shape index (κ3) is 33.8. The quantitative estimate of drug-likeness (QED) is 0.0324. The minimum atomic E-state index is -1.91. The van der Waals surface area contributed by atoms with Gasteiger partial charge in [0.15, 0.2) is 19.3 Å². The third-order valence-corrected chi connectivity index (χ3v) is 18.8. The molecule has 612 valence electrons. The van der Waals surface area contributed by atoms with Gasteiger partial charge in [-0.05, 0) is 172 Å². The lowest BCUT2D eigenvalue weighted by Crippen LogP contribution is -2.52. The first-order valence-corrected chi connectivity index (χ1v) is 38.2. The van der Waals surface area contributed by atoms with Crippen LogP contribution < -0.4 is 5.32 Å². The predicted molar refractivity (Wildman–Crippen MR) is 407 cm³/mol. The number of hydrogen-bond donors (Lipinski definition) is 2. The van der Waals surface area contributed by atoms with Crippen LogP contribution in [-0.4, -0.2) is 206 Å². The van der Waals surface area contributed by atoms with E-state index in [0.29, 0.717) is 42.1 Å². The maximum atomic E-state index is 15.2. The molecule has 2 aliphatic heterocycles. The summed E-state index contributed by atoms with van der Waals surface area (Å²) in [4.78, 5) is 131. The molecule has 0 spiro atoms. The van der Waals surface area contributed by atoms with Gasteiger partial charge in [0, 0.05) is 73.3 Å². The number of aliphatic carboxylic acids is 1. The Hall–Kier alpha value is -9.08. The van der Waals surface area contributed by atoms with Crippen LogP contribution in [0.25, 0.3) is 0 Å². The molecule has 0 unspecified atom stereocenters. The molecule has 3 amide bonds. The highest BCUT2D eigenvalue weighted by Gasteiger charge is 2.43. The molecular weight excluding hydrogens is 1440 g/mol. The summed E-state index contributed by atoms with van der Waals surface area (Å²) >= 11 is 0. The Bertz CT molecular complexity index is 3630. The molecule has 2 saturated heterocycles. The van der Waals surface area contributed by atoms with E-state index >= 15 is 4.39 Å². The molecule has 4 aromatic carbocycles. The van der Waals surface area contributed by atoms with Crippen molar-refractivity contribution in [3.05, 3.63) is 143 Å². The fourth-order valence-electron chi connectivity index (χ4n) is 12.2. The average molecular weight is 1560 g/mol.